The van der Waals surface area contributed by atoms with Gasteiger partial charge in [0.15, 0.2) is 30.4 Å². The summed E-state index contributed by atoms with van der Waals surface area (Å²) in [5.41, 5.74) is 0.815. The van der Waals surface area contributed by atoms with Crippen molar-refractivity contribution in [1.29, 1.82) is 0 Å². The van der Waals surface area contributed by atoms with Crippen LogP contribution in [0.5, 0.6) is 0 Å². The zero-order valence-electron chi connectivity index (χ0n) is 23.4. The predicted molar refractivity (Wildman–Crippen MR) is 132 cm³/mol. The van der Waals surface area contributed by atoms with Crippen LogP contribution < -0.4 is 0 Å². The third-order valence-electron chi connectivity index (χ3n) is 6.69. The molecule has 0 aromatic rings. The lowest BCUT2D eigenvalue weighted by atomic mass is 9.66. The lowest BCUT2D eigenvalue weighted by molar-refractivity contribution is -0.316. The summed E-state index contributed by atoms with van der Waals surface area (Å²) in [6, 6.07) is 0. The zero-order chi connectivity index (χ0) is 28.8. The minimum atomic E-state index is -1.28. The molecular formula is C27H40O11. The predicted octanol–water partition coefficient (Wildman–Crippen LogP) is 2.82. The van der Waals surface area contributed by atoms with E-state index in [0.29, 0.717) is 12.8 Å². The van der Waals surface area contributed by atoms with Gasteiger partial charge in [0, 0.05) is 34.1 Å². The van der Waals surface area contributed by atoms with Gasteiger partial charge < -0.3 is 28.4 Å². The third-order valence-corrected chi connectivity index (χ3v) is 6.69. The van der Waals surface area contributed by atoms with Crippen LogP contribution >= 0.6 is 0 Å². The highest BCUT2D eigenvalue weighted by molar-refractivity contribution is 5.92. The van der Waals surface area contributed by atoms with Gasteiger partial charge in [-0.25, -0.2) is 0 Å². The van der Waals surface area contributed by atoms with E-state index < -0.39 is 60.7 Å². The molecule has 0 spiro atoms. The van der Waals surface area contributed by atoms with Crippen LogP contribution in [0.4, 0.5) is 0 Å². The standard InChI is InChI=1S/C27H40O11/c1-14-11-20(32)12-27(7,8)21(14)10-9-15(2)34-26-25(37-19(6)31)24(36-18(5)30)23(35-17(4)29)22(38-26)13-33-16(3)28/h11,15,21-26H,9-10,12-13H2,1-8H3/t15-,21+,22-,23-,24+,25-,26-/m1/s1. The number of esters is 4. The Kier molecular flexibility index (Phi) is 11.0. The minimum absolute atomic E-state index is 0.116. The molecule has 0 amide bonds. The van der Waals surface area contributed by atoms with Crippen LogP contribution in [-0.2, 0) is 52.4 Å². The fourth-order valence-corrected chi connectivity index (χ4v) is 5.21. The minimum Gasteiger partial charge on any atom is -0.463 e. The van der Waals surface area contributed by atoms with Gasteiger partial charge in [0.1, 0.15) is 12.7 Å². The van der Waals surface area contributed by atoms with E-state index >= 15 is 0 Å². The Morgan fingerprint density at radius 3 is 2.03 bits per heavy atom. The van der Waals surface area contributed by atoms with Crippen molar-refractivity contribution in [2.45, 2.75) is 111 Å². The molecule has 214 valence electrons. The molecule has 11 heteroatoms. The van der Waals surface area contributed by atoms with Gasteiger partial charge in [-0.05, 0) is 44.1 Å². The first-order valence-electron chi connectivity index (χ1n) is 12.8. The maximum absolute atomic E-state index is 12.0. The first-order chi connectivity index (χ1) is 17.6. The number of carbonyl (C=O) groups is 5. The molecular weight excluding hydrogens is 500 g/mol. The first-order valence-corrected chi connectivity index (χ1v) is 12.8. The van der Waals surface area contributed by atoms with Crippen molar-refractivity contribution < 1.29 is 52.4 Å². The molecule has 0 aromatic carbocycles. The van der Waals surface area contributed by atoms with E-state index in [2.05, 4.69) is 13.8 Å². The van der Waals surface area contributed by atoms with Crippen LogP contribution in [0, 0.1) is 11.3 Å². The van der Waals surface area contributed by atoms with E-state index in [1.807, 2.05) is 13.8 Å². The molecule has 0 saturated carbocycles. The maximum Gasteiger partial charge on any atom is 0.303 e. The molecule has 1 saturated heterocycles. The molecule has 0 bridgehead atoms. The van der Waals surface area contributed by atoms with Gasteiger partial charge in [0.25, 0.3) is 0 Å². The monoisotopic (exact) mass is 540 g/mol. The lowest BCUT2D eigenvalue weighted by Gasteiger charge is -2.44. The Morgan fingerprint density at radius 2 is 1.50 bits per heavy atom. The van der Waals surface area contributed by atoms with Crippen LogP contribution in [0.1, 0.15) is 74.7 Å². The summed E-state index contributed by atoms with van der Waals surface area (Å²) in [5, 5.41) is 0. The van der Waals surface area contributed by atoms with Crippen LogP contribution in [0.25, 0.3) is 0 Å². The van der Waals surface area contributed by atoms with E-state index in [-0.39, 0.29) is 23.7 Å². The Hall–Kier alpha value is -2.79. The molecule has 1 aliphatic heterocycles. The summed E-state index contributed by atoms with van der Waals surface area (Å²) in [6.45, 7) is 12.3. The van der Waals surface area contributed by atoms with Gasteiger partial charge in [-0.1, -0.05) is 19.4 Å². The molecule has 7 atom stereocenters. The Balaban J connectivity index is 2.29. The first kappa shape index (κ1) is 31.4. The second-order valence-corrected chi connectivity index (χ2v) is 10.7. The van der Waals surface area contributed by atoms with Crippen molar-refractivity contribution in [2.75, 3.05) is 6.61 Å². The number of carbonyl (C=O) groups excluding carboxylic acids is 5. The van der Waals surface area contributed by atoms with E-state index in [4.69, 9.17) is 28.4 Å². The summed E-state index contributed by atoms with van der Waals surface area (Å²) in [5.74, 6) is -2.40. The van der Waals surface area contributed by atoms with Crippen molar-refractivity contribution in [1.82, 2.24) is 0 Å². The number of ether oxygens (including phenoxy) is 6. The lowest BCUT2D eigenvalue weighted by Crippen LogP contribution is -2.63. The number of ketones is 1. The van der Waals surface area contributed by atoms with Crippen molar-refractivity contribution in [3.8, 4) is 0 Å². The fraction of sp³-hybridized carbons (Fsp3) is 0.741. The SMILES string of the molecule is CC(=O)OC[C@H]1O[C@@H](O[C@H](C)CC[C@H]2C(C)=CC(=O)CC2(C)C)[C@H](OC(C)=O)[C@@H](OC(C)=O)[C@@H]1OC(C)=O. The summed E-state index contributed by atoms with van der Waals surface area (Å²) in [7, 11) is 0. The van der Waals surface area contributed by atoms with Gasteiger partial charge in [-0.15, -0.1) is 0 Å². The topological polar surface area (TPSA) is 141 Å². The van der Waals surface area contributed by atoms with Crippen LogP contribution in [0.2, 0.25) is 0 Å². The van der Waals surface area contributed by atoms with Gasteiger partial charge in [-0.2, -0.15) is 0 Å². The smallest absolute Gasteiger partial charge is 0.303 e. The zero-order valence-corrected chi connectivity index (χ0v) is 23.4. The van der Waals surface area contributed by atoms with E-state index in [1.54, 1.807) is 6.08 Å². The Morgan fingerprint density at radius 1 is 0.947 bits per heavy atom. The van der Waals surface area contributed by atoms with Crippen LogP contribution in [0.15, 0.2) is 11.6 Å². The molecule has 1 aliphatic carbocycles. The highest BCUT2D eigenvalue weighted by atomic mass is 16.7. The second kappa shape index (κ2) is 13.3. The third kappa shape index (κ3) is 8.90. The van der Waals surface area contributed by atoms with E-state index in [0.717, 1.165) is 25.8 Å². The average molecular weight is 541 g/mol. The molecule has 38 heavy (non-hydrogen) atoms. The second-order valence-electron chi connectivity index (χ2n) is 10.7. The molecule has 2 rings (SSSR count). The van der Waals surface area contributed by atoms with Crippen molar-refractivity contribution in [3.63, 3.8) is 0 Å². The van der Waals surface area contributed by atoms with Gasteiger partial charge in [-0.3, -0.25) is 24.0 Å². The highest BCUT2D eigenvalue weighted by Gasteiger charge is 2.53. The average Bonchev–Trinajstić information content (AvgIpc) is 2.74. The number of hydrogen-bond acceptors (Lipinski definition) is 11. The van der Waals surface area contributed by atoms with Crippen LogP contribution in [-0.4, -0.2) is 73.1 Å². The van der Waals surface area contributed by atoms with Crippen molar-refractivity contribution in [3.05, 3.63) is 11.6 Å². The molecule has 11 nitrogen and oxygen atoms in total. The summed E-state index contributed by atoms with van der Waals surface area (Å²) in [4.78, 5) is 59.3. The largest absolute Gasteiger partial charge is 0.463 e. The van der Waals surface area contributed by atoms with E-state index in [9.17, 15) is 24.0 Å². The number of hydrogen-bond donors (Lipinski definition) is 0. The molecule has 1 fully saturated rings. The Bertz CT molecular complexity index is 937. The molecule has 0 radical (unpaired) electrons. The molecule has 0 N–H and O–H groups in total. The fourth-order valence-electron chi connectivity index (χ4n) is 5.21. The molecule has 0 aromatic heterocycles. The number of rotatable bonds is 10. The number of allylic oxidation sites excluding steroid dienone is 2. The van der Waals surface area contributed by atoms with Gasteiger partial charge >= 0.3 is 23.9 Å². The van der Waals surface area contributed by atoms with Crippen LogP contribution in [0.3, 0.4) is 0 Å². The highest BCUT2D eigenvalue weighted by Crippen LogP contribution is 2.42. The normalized spacial score (nSPS) is 29.5. The summed E-state index contributed by atoms with van der Waals surface area (Å²) in [6.07, 6.45) is -2.99. The quantitative estimate of drug-likeness (QED) is 0.298. The molecule has 1 heterocycles. The van der Waals surface area contributed by atoms with Crippen molar-refractivity contribution >= 4 is 29.7 Å². The molecule has 2 aliphatic rings. The van der Waals surface area contributed by atoms with Crippen molar-refractivity contribution in [2.24, 2.45) is 11.3 Å². The Labute approximate surface area is 223 Å². The summed E-state index contributed by atoms with van der Waals surface area (Å²) >= 11 is 0. The summed E-state index contributed by atoms with van der Waals surface area (Å²) < 4.78 is 33.5. The van der Waals surface area contributed by atoms with E-state index in [1.165, 1.54) is 13.8 Å². The van der Waals surface area contributed by atoms with Gasteiger partial charge in [0.2, 0.25) is 0 Å². The van der Waals surface area contributed by atoms with Gasteiger partial charge in [0.05, 0.1) is 6.10 Å². The maximum atomic E-state index is 12.0. The molecule has 0 unspecified atom stereocenters.